The summed E-state index contributed by atoms with van der Waals surface area (Å²) >= 11 is 0. The van der Waals surface area contributed by atoms with Gasteiger partial charge in [0.1, 0.15) is 11.5 Å². The first kappa shape index (κ1) is 18.9. The van der Waals surface area contributed by atoms with Gasteiger partial charge in [0.25, 0.3) is 0 Å². The van der Waals surface area contributed by atoms with Crippen LogP contribution in [-0.4, -0.2) is 50.4 Å². The largest absolute Gasteiger partial charge is 0.495 e. The van der Waals surface area contributed by atoms with Gasteiger partial charge in [0.2, 0.25) is 0 Å². The van der Waals surface area contributed by atoms with Crippen molar-refractivity contribution < 1.29 is 19.7 Å². The second-order valence-electron chi connectivity index (χ2n) is 5.18. The number of para-hydroxylation sites is 2. The Labute approximate surface area is 147 Å². The predicted molar refractivity (Wildman–Crippen MR) is 98.1 cm³/mol. The van der Waals surface area contributed by atoms with Crippen molar-refractivity contribution in [2.24, 2.45) is 0 Å². The monoisotopic (exact) mass is 347 g/mol. The van der Waals surface area contributed by atoms with Gasteiger partial charge in [-0.05, 0) is 36.4 Å². The van der Waals surface area contributed by atoms with E-state index in [1.165, 1.54) is 0 Å². The standard InChI is InChI=1S/C18H25N3O4/c1-24-18-5-3-2-4-17(18)21(20-11-13-23)14-25-16-8-6-15(7-9-16)19-10-12-22/h2-9,19-20,22-23H,10-14H2,1H3. The summed E-state index contributed by atoms with van der Waals surface area (Å²) in [6.45, 7) is 1.24. The van der Waals surface area contributed by atoms with E-state index in [0.29, 0.717) is 24.6 Å². The molecule has 4 N–H and O–H groups in total. The van der Waals surface area contributed by atoms with Crippen LogP contribution < -0.4 is 25.2 Å². The zero-order valence-corrected chi connectivity index (χ0v) is 14.3. The molecular formula is C18H25N3O4. The molecule has 0 amide bonds. The lowest BCUT2D eigenvalue weighted by molar-refractivity contribution is 0.263. The first-order valence-electron chi connectivity index (χ1n) is 8.11. The van der Waals surface area contributed by atoms with Gasteiger partial charge in [0.15, 0.2) is 6.73 Å². The highest BCUT2D eigenvalue weighted by atomic mass is 16.5. The molecule has 0 unspecified atom stereocenters. The third-order valence-electron chi connectivity index (χ3n) is 3.45. The fourth-order valence-corrected chi connectivity index (χ4v) is 2.25. The molecule has 2 aromatic carbocycles. The maximum Gasteiger partial charge on any atom is 0.175 e. The summed E-state index contributed by atoms with van der Waals surface area (Å²) in [5.41, 5.74) is 4.85. The molecule has 0 aliphatic heterocycles. The van der Waals surface area contributed by atoms with E-state index in [0.717, 1.165) is 11.4 Å². The zero-order valence-electron chi connectivity index (χ0n) is 14.3. The zero-order chi connectivity index (χ0) is 17.9. The lowest BCUT2D eigenvalue weighted by Gasteiger charge is -2.26. The number of nitrogens with zero attached hydrogens (tertiary/aromatic N) is 1. The number of hydrogen-bond acceptors (Lipinski definition) is 7. The van der Waals surface area contributed by atoms with Crippen LogP contribution in [-0.2, 0) is 0 Å². The van der Waals surface area contributed by atoms with Crippen LogP contribution in [0.5, 0.6) is 11.5 Å². The third kappa shape index (κ3) is 5.82. The molecular weight excluding hydrogens is 322 g/mol. The minimum absolute atomic E-state index is 0.0108. The van der Waals surface area contributed by atoms with Crippen LogP contribution in [0.1, 0.15) is 0 Å². The van der Waals surface area contributed by atoms with Crippen LogP contribution in [0.25, 0.3) is 0 Å². The normalized spacial score (nSPS) is 10.4. The van der Waals surface area contributed by atoms with E-state index in [4.69, 9.17) is 19.7 Å². The number of ether oxygens (including phenoxy) is 2. The van der Waals surface area contributed by atoms with E-state index < -0.39 is 0 Å². The molecule has 0 heterocycles. The highest BCUT2D eigenvalue weighted by molar-refractivity contribution is 5.57. The molecule has 0 saturated carbocycles. The average molecular weight is 347 g/mol. The van der Waals surface area contributed by atoms with Gasteiger partial charge in [-0.3, -0.25) is 5.01 Å². The molecule has 0 aliphatic carbocycles. The molecule has 0 saturated heterocycles. The van der Waals surface area contributed by atoms with Crippen molar-refractivity contribution in [2.75, 3.05) is 50.5 Å². The Kier molecular flexibility index (Phi) is 7.84. The Morgan fingerprint density at radius 2 is 1.68 bits per heavy atom. The Balaban J connectivity index is 2.02. The molecule has 0 fully saturated rings. The van der Waals surface area contributed by atoms with E-state index in [2.05, 4.69) is 10.7 Å². The van der Waals surface area contributed by atoms with Gasteiger partial charge >= 0.3 is 0 Å². The van der Waals surface area contributed by atoms with Crippen LogP contribution in [0.4, 0.5) is 11.4 Å². The molecule has 2 rings (SSSR count). The van der Waals surface area contributed by atoms with Gasteiger partial charge in [-0.1, -0.05) is 12.1 Å². The van der Waals surface area contributed by atoms with Gasteiger partial charge in [0, 0.05) is 18.8 Å². The molecule has 7 heteroatoms. The highest BCUT2D eigenvalue weighted by Gasteiger charge is 2.12. The average Bonchev–Trinajstić information content (AvgIpc) is 2.67. The van der Waals surface area contributed by atoms with Crippen molar-refractivity contribution in [1.82, 2.24) is 5.43 Å². The fraction of sp³-hybridized carbons (Fsp3) is 0.333. The fourth-order valence-electron chi connectivity index (χ4n) is 2.25. The van der Waals surface area contributed by atoms with Gasteiger partial charge in [0.05, 0.1) is 26.0 Å². The highest BCUT2D eigenvalue weighted by Crippen LogP contribution is 2.26. The minimum atomic E-state index is 0.0108. The Hall–Kier alpha value is -2.48. The maximum atomic E-state index is 9.09. The summed E-state index contributed by atoms with van der Waals surface area (Å²) in [7, 11) is 1.61. The molecule has 0 spiro atoms. The van der Waals surface area contributed by atoms with E-state index in [1.807, 2.05) is 48.5 Å². The lowest BCUT2D eigenvalue weighted by Crippen LogP contribution is -2.42. The molecule has 0 atom stereocenters. The van der Waals surface area contributed by atoms with Gasteiger partial charge < -0.3 is 25.0 Å². The summed E-state index contributed by atoms with van der Waals surface area (Å²) in [4.78, 5) is 0. The molecule has 0 aromatic heterocycles. The molecule has 2 aromatic rings. The van der Waals surface area contributed by atoms with Crippen LogP contribution in [0.15, 0.2) is 48.5 Å². The number of rotatable bonds is 11. The summed E-state index contributed by atoms with van der Waals surface area (Å²) in [6, 6.07) is 15.1. The van der Waals surface area contributed by atoms with Gasteiger partial charge in [-0.25, -0.2) is 5.43 Å². The maximum absolute atomic E-state index is 9.09. The van der Waals surface area contributed by atoms with E-state index in [9.17, 15) is 0 Å². The number of hydrazine groups is 1. The summed E-state index contributed by atoms with van der Waals surface area (Å²) in [5, 5.41) is 22.8. The summed E-state index contributed by atoms with van der Waals surface area (Å²) in [5.74, 6) is 1.42. The van der Waals surface area contributed by atoms with Gasteiger partial charge in [-0.15, -0.1) is 0 Å². The van der Waals surface area contributed by atoms with Crippen LogP contribution in [0.2, 0.25) is 0 Å². The van der Waals surface area contributed by atoms with Crippen LogP contribution in [0.3, 0.4) is 0 Å². The molecule has 25 heavy (non-hydrogen) atoms. The number of nitrogens with one attached hydrogen (secondary N) is 2. The Morgan fingerprint density at radius 3 is 2.36 bits per heavy atom. The first-order chi connectivity index (χ1) is 12.3. The molecule has 7 nitrogen and oxygen atoms in total. The minimum Gasteiger partial charge on any atom is -0.495 e. The van der Waals surface area contributed by atoms with E-state index >= 15 is 0 Å². The SMILES string of the molecule is COc1ccccc1N(COc1ccc(NCCO)cc1)NCCO. The van der Waals surface area contributed by atoms with Crippen molar-refractivity contribution >= 4 is 11.4 Å². The number of hydrogen-bond donors (Lipinski definition) is 4. The molecule has 0 bridgehead atoms. The smallest absolute Gasteiger partial charge is 0.175 e. The number of benzene rings is 2. The lowest BCUT2D eigenvalue weighted by atomic mass is 10.3. The number of anilines is 2. The van der Waals surface area contributed by atoms with Gasteiger partial charge in [-0.2, -0.15) is 0 Å². The van der Waals surface area contributed by atoms with E-state index in [1.54, 1.807) is 12.1 Å². The molecule has 136 valence electrons. The van der Waals surface area contributed by atoms with Crippen molar-refractivity contribution in [2.45, 2.75) is 0 Å². The number of aliphatic hydroxyl groups is 2. The molecule has 0 aliphatic rings. The quantitative estimate of drug-likeness (QED) is 0.361. The van der Waals surface area contributed by atoms with Crippen LogP contribution in [0, 0.1) is 0 Å². The predicted octanol–water partition coefficient (Wildman–Crippen LogP) is 1.44. The van der Waals surface area contributed by atoms with Crippen molar-refractivity contribution in [3.8, 4) is 11.5 Å². The number of methoxy groups -OCH3 is 1. The number of aliphatic hydroxyl groups excluding tert-OH is 2. The third-order valence-corrected chi connectivity index (χ3v) is 3.45. The van der Waals surface area contributed by atoms with Crippen molar-refractivity contribution in [3.05, 3.63) is 48.5 Å². The second-order valence-corrected chi connectivity index (χ2v) is 5.18. The topological polar surface area (TPSA) is 86.2 Å². The van der Waals surface area contributed by atoms with Crippen molar-refractivity contribution in [3.63, 3.8) is 0 Å². The molecule has 0 radical (unpaired) electrons. The van der Waals surface area contributed by atoms with Crippen LogP contribution >= 0.6 is 0 Å². The first-order valence-corrected chi connectivity index (χ1v) is 8.11. The summed E-state index contributed by atoms with van der Waals surface area (Å²) in [6.07, 6.45) is 0. The van der Waals surface area contributed by atoms with E-state index in [-0.39, 0.29) is 19.9 Å². The Bertz CT molecular complexity index is 622. The van der Waals surface area contributed by atoms with Crippen molar-refractivity contribution in [1.29, 1.82) is 0 Å². The summed E-state index contributed by atoms with van der Waals surface area (Å²) < 4.78 is 11.2. The Morgan fingerprint density at radius 1 is 0.960 bits per heavy atom. The second kappa shape index (κ2) is 10.4.